The normalized spacial score (nSPS) is 15.8. The summed E-state index contributed by atoms with van der Waals surface area (Å²) in [6.07, 6.45) is 6.77. The lowest BCUT2D eigenvalue weighted by atomic mass is 10.1. The second-order valence-corrected chi connectivity index (χ2v) is 6.70. The van der Waals surface area contributed by atoms with Gasteiger partial charge in [0.25, 0.3) is 0 Å². The van der Waals surface area contributed by atoms with E-state index >= 15 is 0 Å². The van der Waals surface area contributed by atoms with Crippen molar-refractivity contribution in [3.63, 3.8) is 0 Å². The van der Waals surface area contributed by atoms with E-state index in [0.29, 0.717) is 5.69 Å². The number of allylic oxidation sites excluding steroid dienone is 1. The van der Waals surface area contributed by atoms with Gasteiger partial charge in [-0.2, -0.15) is 0 Å². The van der Waals surface area contributed by atoms with Crippen LogP contribution in [0.4, 0.5) is 5.69 Å². The second kappa shape index (κ2) is 8.03. The Balaban J connectivity index is 1.43. The summed E-state index contributed by atoms with van der Waals surface area (Å²) in [7, 11) is 0. The van der Waals surface area contributed by atoms with E-state index in [1.165, 1.54) is 0 Å². The third-order valence-electron chi connectivity index (χ3n) is 4.44. The summed E-state index contributed by atoms with van der Waals surface area (Å²) >= 11 is 0. The van der Waals surface area contributed by atoms with Crippen LogP contribution in [0.1, 0.15) is 6.42 Å². The van der Waals surface area contributed by atoms with Gasteiger partial charge in [0, 0.05) is 17.8 Å². The summed E-state index contributed by atoms with van der Waals surface area (Å²) in [4.78, 5) is 0. The van der Waals surface area contributed by atoms with Gasteiger partial charge < -0.3 is 20.9 Å². The molecule has 0 heterocycles. The zero-order valence-corrected chi connectivity index (χ0v) is 15.4. The fraction of sp³-hybridized carbons (Fsp3) is 0.0833. The molecule has 0 saturated heterocycles. The first-order chi connectivity index (χ1) is 13.7. The molecule has 3 aromatic rings. The Labute approximate surface area is 164 Å². The molecule has 4 N–H and O–H groups in total. The van der Waals surface area contributed by atoms with Crippen LogP contribution in [-0.2, 0) is 0 Å². The molecule has 0 fully saturated rings. The van der Waals surface area contributed by atoms with Crippen molar-refractivity contribution in [1.29, 1.82) is 0 Å². The maximum Gasteiger partial charge on any atom is 0.129 e. The Morgan fingerprint density at radius 1 is 0.750 bits per heavy atom. The summed E-state index contributed by atoms with van der Waals surface area (Å²) in [6, 6.07) is 23.4. The molecule has 4 nitrogen and oxygen atoms in total. The number of anilines is 1. The lowest BCUT2D eigenvalue weighted by Crippen LogP contribution is -2.19. The molecule has 0 aliphatic heterocycles. The molecule has 4 rings (SSSR count). The van der Waals surface area contributed by atoms with Crippen LogP contribution in [0, 0.1) is 0 Å². The average Bonchev–Trinajstić information content (AvgIpc) is 2.69. The molecular weight excluding hydrogens is 348 g/mol. The van der Waals surface area contributed by atoms with Crippen LogP contribution >= 0.6 is 0 Å². The molecule has 1 aliphatic carbocycles. The van der Waals surface area contributed by atoms with Crippen LogP contribution in [-0.4, -0.2) is 6.04 Å². The minimum atomic E-state index is 0.0207. The summed E-state index contributed by atoms with van der Waals surface area (Å²) in [5.41, 5.74) is 14.6. The van der Waals surface area contributed by atoms with Crippen molar-refractivity contribution in [2.24, 2.45) is 5.73 Å². The van der Waals surface area contributed by atoms with Crippen LogP contribution in [0.2, 0.25) is 0 Å². The quantitative estimate of drug-likeness (QED) is 0.600. The van der Waals surface area contributed by atoms with Gasteiger partial charge >= 0.3 is 0 Å². The third kappa shape index (κ3) is 4.42. The SMILES string of the molecule is Nc1cccc(Oc2ccc(-c3ccc(OC4=CC(N)CC=C4)cc3)cc2)c1. The van der Waals surface area contributed by atoms with Crippen LogP contribution in [0.5, 0.6) is 17.2 Å². The number of ether oxygens (including phenoxy) is 2. The molecule has 0 amide bonds. The number of hydrogen-bond donors (Lipinski definition) is 2. The lowest BCUT2D eigenvalue weighted by molar-refractivity contribution is 0.436. The van der Waals surface area contributed by atoms with E-state index in [4.69, 9.17) is 20.9 Å². The van der Waals surface area contributed by atoms with Crippen molar-refractivity contribution in [3.05, 3.63) is 96.8 Å². The number of hydrogen-bond acceptors (Lipinski definition) is 4. The molecule has 0 saturated carbocycles. The Kier molecular flexibility index (Phi) is 5.13. The Hall–Kier alpha value is -3.50. The van der Waals surface area contributed by atoms with Gasteiger partial charge in [-0.3, -0.25) is 0 Å². The summed E-state index contributed by atoms with van der Waals surface area (Å²) in [5, 5.41) is 0. The molecule has 1 atom stereocenters. The molecule has 4 heteroatoms. The molecular formula is C24H22N2O2. The lowest BCUT2D eigenvalue weighted by Gasteiger charge is -2.13. The minimum Gasteiger partial charge on any atom is -0.458 e. The third-order valence-corrected chi connectivity index (χ3v) is 4.44. The Bertz CT molecular complexity index is 1010. The first-order valence-electron chi connectivity index (χ1n) is 9.21. The topological polar surface area (TPSA) is 70.5 Å². The number of benzene rings is 3. The van der Waals surface area contributed by atoms with Crippen LogP contribution < -0.4 is 20.9 Å². The van der Waals surface area contributed by atoms with Crippen LogP contribution in [0.15, 0.2) is 96.8 Å². The molecule has 0 spiro atoms. The second-order valence-electron chi connectivity index (χ2n) is 6.70. The van der Waals surface area contributed by atoms with E-state index in [1.807, 2.05) is 85.0 Å². The molecule has 1 aliphatic rings. The average molecular weight is 370 g/mol. The maximum atomic E-state index is 5.92. The molecule has 28 heavy (non-hydrogen) atoms. The molecule has 0 radical (unpaired) electrons. The fourth-order valence-corrected chi connectivity index (χ4v) is 3.03. The summed E-state index contributed by atoms with van der Waals surface area (Å²) in [6.45, 7) is 0. The van der Waals surface area contributed by atoms with E-state index in [1.54, 1.807) is 6.07 Å². The highest BCUT2D eigenvalue weighted by Gasteiger charge is 2.07. The van der Waals surface area contributed by atoms with Crippen LogP contribution in [0.25, 0.3) is 11.1 Å². The first kappa shape index (κ1) is 17.9. The van der Waals surface area contributed by atoms with Gasteiger partial charge in [-0.15, -0.1) is 0 Å². The molecule has 0 aromatic heterocycles. The van der Waals surface area contributed by atoms with Crippen LogP contribution in [0.3, 0.4) is 0 Å². The van der Waals surface area contributed by atoms with Gasteiger partial charge in [0.1, 0.15) is 23.0 Å². The summed E-state index contributed by atoms with van der Waals surface area (Å²) < 4.78 is 11.7. The number of nitrogen functional groups attached to an aromatic ring is 1. The predicted octanol–water partition coefficient (Wildman–Crippen LogP) is 5.28. The van der Waals surface area contributed by atoms with Crippen molar-refractivity contribution in [2.75, 3.05) is 5.73 Å². The molecule has 140 valence electrons. The highest BCUT2D eigenvalue weighted by atomic mass is 16.5. The van der Waals surface area contributed by atoms with Gasteiger partial charge in [-0.1, -0.05) is 36.4 Å². The van der Waals surface area contributed by atoms with Crippen molar-refractivity contribution in [1.82, 2.24) is 0 Å². The van der Waals surface area contributed by atoms with Gasteiger partial charge in [-0.05, 0) is 66.1 Å². The fourth-order valence-electron chi connectivity index (χ4n) is 3.03. The molecule has 0 bridgehead atoms. The van der Waals surface area contributed by atoms with E-state index in [0.717, 1.165) is 40.6 Å². The van der Waals surface area contributed by atoms with Crippen molar-refractivity contribution in [3.8, 4) is 28.4 Å². The maximum absolute atomic E-state index is 5.92. The van der Waals surface area contributed by atoms with Gasteiger partial charge in [-0.25, -0.2) is 0 Å². The smallest absolute Gasteiger partial charge is 0.129 e. The largest absolute Gasteiger partial charge is 0.458 e. The van der Waals surface area contributed by atoms with Crippen molar-refractivity contribution >= 4 is 5.69 Å². The Morgan fingerprint density at radius 3 is 2.00 bits per heavy atom. The van der Waals surface area contributed by atoms with Crippen molar-refractivity contribution < 1.29 is 9.47 Å². The number of rotatable bonds is 5. The highest BCUT2D eigenvalue weighted by molar-refractivity contribution is 5.65. The highest BCUT2D eigenvalue weighted by Crippen LogP contribution is 2.28. The predicted molar refractivity (Wildman–Crippen MR) is 113 cm³/mol. The Morgan fingerprint density at radius 2 is 1.39 bits per heavy atom. The first-order valence-corrected chi connectivity index (χ1v) is 9.21. The van der Waals surface area contributed by atoms with Gasteiger partial charge in [0.2, 0.25) is 0 Å². The summed E-state index contributed by atoms with van der Waals surface area (Å²) in [5.74, 6) is 3.06. The zero-order valence-electron chi connectivity index (χ0n) is 15.4. The monoisotopic (exact) mass is 370 g/mol. The van der Waals surface area contributed by atoms with E-state index < -0.39 is 0 Å². The zero-order chi connectivity index (χ0) is 19.3. The van der Waals surface area contributed by atoms with E-state index in [9.17, 15) is 0 Å². The number of nitrogens with two attached hydrogens (primary N) is 2. The standard InChI is InChI=1S/C24H22N2O2/c25-19-3-1-5-23(15-19)27-21-11-7-17(8-12-21)18-9-13-22(14-10-18)28-24-6-2-4-20(26)16-24/h1-3,5-16,20H,4,25-26H2. The van der Waals surface area contributed by atoms with Gasteiger partial charge in [0.05, 0.1) is 0 Å². The van der Waals surface area contributed by atoms with E-state index in [2.05, 4.69) is 0 Å². The van der Waals surface area contributed by atoms with Crippen molar-refractivity contribution in [2.45, 2.75) is 12.5 Å². The molecule has 3 aromatic carbocycles. The minimum absolute atomic E-state index is 0.0207. The van der Waals surface area contributed by atoms with E-state index in [-0.39, 0.29) is 6.04 Å². The molecule has 1 unspecified atom stereocenters. The van der Waals surface area contributed by atoms with Gasteiger partial charge in [0.15, 0.2) is 0 Å².